The minimum Gasteiger partial charge on any atom is -0.481 e. The maximum Gasteiger partial charge on any atom is 0.573 e. The highest BCUT2D eigenvalue weighted by Crippen LogP contribution is 2.47. The van der Waals surface area contributed by atoms with Crippen LogP contribution in [-0.4, -0.2) is 39.2 Å². The SMILES string of the molecule is CC(C)[C@@](O)(C(=O)O)[C@](CC=Cc1ccc(OC(F)(F)F)cc1)(C(=O)O)C(C)C. The van der Waals surface area contributed by atoms with Crippen LogP contribution in [-0.2, 0) is 9.59 Å². The fourth-order valence-corrected chi connectivity index (χ4v) is 3.44. The molecule has 29 heavy (non-hydrogen) atoms. The fourth-order valence-electron chi connectivity index (χ4n) is 3.44. The zero-order valence-electron chi connectivity index (χ0n) is 16.5. The minimum absolute atomic E-state index is 0.304. The molecule has 162 valence electrons. The van der Waals surface area contributed by atoms with E-state index >= 15 is 0 Å². The Morgan fingerprint density at radius 2 is 1.52 bits per heavy atom. The lowest BCUT2D eigenvalue weighted by Gasteiger charge is -2.46. The number of carboxylic acid groups (broad SMARTS) is 2. The molecule has 0 aromatic heterocycles. The number of carbonyl (C=O) groups is 2. The number of carboxylic acids is 2. The number of halogens is 3. The number of aliphatic carboxylic acids is 2. The lowest BCUT2D eigenvalue weighted by Crippen LogP contribution is -2.63. The molecular formula is C20H25F3O6. The average molecular weight is 418 g/mol. The fraction of sp³-hybridized carbons (Fsp3) is 0.500. The Kier molecular flexibility index (Phi) is 7.48. The van der Waals surface area contributed by atoms with Crippen molar-refractivity contribution in [2.75, 3.05) is 0 Å². The van der Waals surface area contributed by atoms with Gasteiger partial charge in [0, 0.05) is 0 Å². The third-order valence-corrected chi connectivity index (χ3v) is 5.07. The summed E-state index contributed by atoms with van der Waals surface area (Å²) in [5.41, 5.74) is -4.11. The number of allylic oxidation sites excluding steroid dienone is 1. The standard InChI is InChI=1S/C20H25F3O6/c1-12(2)18(16(24)25,19(28,13(3)4)17(26)27)11-5-6-14-7-9-15(10-8-14)29-20(21,22)23/h5-10,12-13,28H,11H2,1-4H3,(H,24,25)(H,26,27)/t18-,19+/m0/s1. The highest BCUT2D eigenvalue weighted by molar-refractivity contribution is 5.89. The van der Waals surface area contributed by atoms with Crippen molar-refractivity contribution in [3.63, 3.8) is 0 Å². The molecule has 1 aromatic carbocycles. The molecule has 0 saturated heterocycles. The molecule has 0 spiro atoms. The molecule has 0 aliphatic rings. The van der Waals surface area contributed by atoms with Gasteiger partial charge in [0.2, 0.25) is 0 Å². The molecule has 0 aliphatic heterocycles. The van der Waals surface area contributed by atoms with E-state index in [1.165, 1.54) is 52.0 Å². The molecule has 6 nitrogen and oxygen atoms in total. The van der Waals surface area contributed by atoms with Crippen LogP contribution in [0, 0.1) is 17.3 Å². The van der Waals surface area contributed by atoms with E-state index in [0.717, 1.165) is 12.1 Å². The summed E-state index contributed by atoms with van der Waals surface area (Å²) in [6, 6.07) is 4.87. The van der Waals surface area contributed by atoms with Crippen LogP contribution in [0.1, 0.15) is 39.7 Å². The van der Waals surface area contributed by atoms with Gasteiger partial charge in [-0.1, -0.05) is 52.0 Å². The van der Waals surface area contributed by atoms with Gasteiger partial charge in [-0.05, 0) is 36.0 Å². The van der Waals surface area contributed by atoms with Crippen LogP contribution in [0.25, 0.3) is 6.08 Å². The van der Waals surface area contributed by atoms with Crippen LogP contribution in [0.2, 0.25) is 0 Å². The van der Waals surface area contributed by atoms with Gasteiger partial charge in [-0.25, -0.2) is 4.79 Å². The highest BCUT2D eigenvalue weighted by Gasteiger charge is 2.63. The molecule has 0 aliphatic carbocycles. The Morgan fingerprint density at radius 3 is 1.86 bits per heavy atom. The van der Waals surface area contributed by atoms with Gasteiger partial charge in [0.25, 0.3) is 0 Å². The van der Waals surface area contributed by atoms with Gasteiger partial charge in [-0.3, -0.25) is 4.79 Å². The molecule has 0 fully saturated rings. The highest BCUT2D eigenvalue weighted by atomic mass is 19.4. The van der Waals surface area contributed by atoms with E-state index in [-0.39, 0.29) is 6.42 Å². The van der Waals surface area contributed by atoms with Gasteiger partial charge in [0.15, 0.2) is 5.60 Å². The largest absolute Gasteiger partial charge is 0.573 e. The van der Waals surface area contributed by atoms with E-state index < -0.39 is 46.9 Å². The Balaban J connectivity index is 3.23. The van der Waals surface area contributed by atoms with Crippen LogP contribution >= 0.6 is 0 Å². The van der Waals surface area contributed by atoms with E-state index in [9.17, 15) is 38.1 Å². The Hall–Kier alpha value is -2.55. The van der Waals surface area contributed by atoms with Crippen LogP contribution in [0.5, 0.6) is 5.75 Å². The van der Waals surface area contributed by atoms with Crippen LogP contribution in [0.4, 0.5) is 13.2 Å². The quantitative estimate of drug-likeness (QED) is 0.556. The molecule has 0 amide bonds. The first kappa shape index (κ1) is 24.5. The van der Waals surface area contributed by atoms with Crippen molar-refractivity contribution >= 4 is 18.0 Å². The molecule has 0 unspecified atom stereocenters. The lowest BCUT2D eigenvalue weighted by molar-refractivity contribution is -0.274. The zero-order chi connectivity index (χ0) is 22.6. The Labute approximate surface area is 166 Å². The molecule has 1 rings (SSSR count). The van der Waals surface area contributed by atoms with Gasteiger partial charge in [-0.15, -0.1) is 13.2 Å². The molecule has 0 bridgehead atoms. The maximum atomic E-state index is 12.2. The number of ether oxygens (including phenoxy) is 1. The van der Waals surface area contributed by atoms with E-state index in [1.807, 2.05) is 0 Å². The van der Waals surface area contributed by atoms with Gasteiger partial charge in [0.1, 0.15) is 11.2 Å². The normalized spacial score (nSPS) is 16.6. The maximum absolute atomic E-state index is 12.2. The summed E-state index contributed by atoms with van der Waals surface area (Å²) < 4.78 is 40.4. The summed E-state index contributed by atoms with van der Waals surface area (Å²) in [6.07, 6.45) is -2.28. The number of alkyl halides is 3. The van der Waals surface area contributed by atoms with E-state index in [4.69, 9.17) is 0 Å². The molecule has 0 saturated carbocycles. The first-order chi connectivity index (χ1) is 13.2. The van der Waals surface area contributed by atoms with Gasteiger partial charge >= 0.3 is 18.3 Å². The van der Waals surface area contributed by atoms with Crippen molar-refractivity contribution in [1.29, 1.82) is 0 Å². The summed E-state index contributed by atoms with van der Waals surface area (Å²) in [4.78, 5) is 24.0. The summed E-state index contributed by atoms with van der Waals surface area (Å²) in [7, 11) is 0. The smallest absolute Gasteiger partial charge is 0.481 e. The van der Waals surface area contributed by atoms with Gasteiger partial charge in [0.05, 0.1) is 0 Å². The summed E-state index contributed by atoms with van der Waals surface area (Å²) in [5.74, 6) is -5.13. The number of hydrogen-bond acceptors (Lipinski definition) is 4. The van der Waals surface area contributed by atoms with E-state index in [2.05, 4.69) is 4.74 Å². The monoisotopic (exact) mass is 418 g/mol. The molecule has 1 aromatic rings. The van der Waals surface area contributed by atoms with Gasteiger partial charge in [-0.2, -0.15) is 0 Å². The zero-order valence-corrected chi connectivity index (χ0v) is 16.5. The van der Waals surface area contributed by atoms with Crippen molar-refractivity contribution in [1.82, 2.24) is 0 Å². The molecule has 0 radical (unpaired) electrons. The van der Waals surface area contributed by atoms with E-state index in [1.54, 1.807) is 0 Å². The van der Waals surface area contributed by atoms with Gasteiger partial charge < -0.3 is 20.1 Å². The van der Waals surface area contributed by atoms with Crippen LogP contribution in [0.3, 0.4) is 0 Å². The third kappa shape index (κ3) is 5.09. The van der Waals surface area contributed by atoms with E-state index in [0.29, 0.717) is 5.56 Å². The Bertz CT molecular complexity index is 754. The number of benzene rings is 1. The first-order valence-electron chi connectivity index (χ1n) is 8.90. The van der Waals surface area contributed by atoms with Crippen LogP contribution < -0.4 is 4.74 Å². The number of aliphatic hydroxyl groups is 1. The second-order valence-corrected chi connectivity index (χ2v) is 7.38. The predicted molar refractivity (Wildman–Crippen MR) is 99.1 cm³/mol. The first-order valence-corrected chi connectivity index (χ1v) is 8.90. The third-order valence-electron chi connectivity index (χ3n) is 5.07. The van der Waals surface area contributed by atoms with Crippen molar-refractivity contribution in [2.45, 2.75) is 46.1 Å². The summed E-state index contributed by atoms with van der Waals surface area (Å²) in [5, 5.41) is 30.4. The minimum atomic E-state index is -4.81. The second kappa shape index (κ2) is 8.86. The summed E-state index contributed by atoms with van der Waals surface area (Å²) >= 11 is 0. The predicted octanol–water partition coefficient (Wildman–Crippen LogP) is 4.19. The molecule has 3 N–H and O–H groups in total. The van der Waals surface area contributed by atoms with Crippen molar-refractivity contribution in [3.05, 3.63) is 35.9 Å². The number of hydrogen-bond donors (Lipinski definition) is 3. The molecule has 0 heterocycles. The Morgan fingerprint density at radius 1 is 1.00 bits per heavy atom. The average Bonchev–Trinajstić information content (AvgIpc) is 2.57. The number of rotatable bonds is 9. The topological polar surface area (TPSA) is 104 Å². The van der Waals surface area contributed by atoms with Crippen molar-refractivity contribution in [2.24, 2.45) is 17.3 Å². The van der Waals surface area contributed by atoms with Crippen LogP contribution in [0.15, 0.2) is 30.3 Å². The molecule has 2 atom stereocenters. The second-order valence-electron chi connectivity index (χ2n) is 7.38. The summed E-state index contributed by atoms with van der Waals surface area (Å²) in [6.45, 7) is 5.89. The van der Waals surface area contributed by atoms with Crippen molar-refractivity contribution < 1.29 is 42.8 Å². The molecular weight excluding hydrogens is 393 g/mol. The van der Waals surface area contributed by atoms with Crippen molar-refractivity contribution in [3.8, 4) is 5.75 Å². The lowest BCUT2D eigenvalue weighted by atomic mass is 9.59. The molecule has 9 heteroatoms.